The summed E-state index contributed by atoms with van der Waals surface area (Å²) in [6, 6.07) is 0. The van der Waals surface area contributed by atoms with Crippen molar-refractivity contribution in [3.05, 3.63) is 23.8 Å². The molecule has 0 aromatic rings. The predicted octanol–water partition coefficient (Wildman–Crippen LogP) is -1.22. The van der Waals surface area contributed by atoms with Gasteiger partial charge in [-0.05, 0) is 0 Å². The second kappa shape index (κ2) is 3.53. The molecule has 1 rings (SSSR count). The zero-order chi connectivity index (χ0) is 9.84. The van der Waals surface area contributed by atoms with E-state index in [1.165, 1.54) is 6.21 Å². The summed E-state index contributed by atoms with van der Waals surface area (Å²) in [5.74, 6) is -1.60. The van der Waals surface area contributed by atoms with Crippen molar-refractivity contribution in [2.75, 3.05) is 0 Å². The minimum Gasteiger partial charge on any atom is -0.457 e. The molecule has 0 fully saturated rings. The predicted molar refractivity (Wildman–Crippen MR) is 44.1 cm³/mol. The Balaban J connectivity index is 2.86. The van der Waals surface area contributed by atoms with Crippen LogP contribution in [0.2, 0.25) is 0 Å². The Morgan fingerprint density at radius 2 is 2.00 bits per heavy atom. The number of primary amides is 2. The van der Waals surface area contributed by atoms with E-state index in [4.69, 9.17) is 16.2 Å². The summed E-state index contributed by atoms with van der Waals surface area (Å²) >= 11 is 0. The number of carbonyl (C=O) groups is 2. The molecular weight excluding hydrogens is 174 g/mol. The molecule has 0 spiro atoms. The van der Waals surface area contributed by atoms with Crippen LogP contribution in [-0.2, 0) is 14.3 Å². The normalized spacial score (nSPS) is 15.1. The Morgan fingerprint density at radius 3 is 2.54 bits per heavy atom. The van der Waals surface area contributed by atoms with Crippen LogP contribution in [0, 0.1) is 0 Å². The number of nitrogens with two attached hydrogens (primary N) is 2. The van der Waals surface area contributed by atoms with Crippen LogP contribution in [0.3, 0.4) is 0 Å². The lowest BCUT2D eigenvalue weighted by atomic mass is 10.3. The van der Waals surface area contributed by atoms with Crippen LogP contribution in [0.25, 0.3) is 0 Å². The Hall–Kier alpha value is -2.11. The molecule has 68 valence electrons. The minimum atomic E-state index is -0.765. The molecule has 0 radical (unpaired) electrons. The van der Waals surface area contributed by atoms with Crippen molar-refractivity contribution in [2.45, 2.75) is 0 Å². The van der Waals surface area contributed by atoms with E-state index in [0.717, 1.165) is 12.5 Å². The molecule has 0 unspecified atom stereocenters. The molecule has 6 nitrogen and oxygen atoms in total. The highest BCUT2D eigenvalue weighted by molar-refractivity contribution is 6.11. The Bertz CT molecular complexity index is 341. The van der Waals surface area contributed by atoms with Crippen LogP contribution in [0.4, 0.5) is 0 Å². The molecule has 0 aromatic heterocycles. The smallest absolute Gasteiger partial charge is 0.286 e. The summed E-state index contributed by atoms with van der Waals surface area (Å²) in [5, 5.41) is 0. The number of amides is 2. The average molecular weight is 181 g/mol. The summed E-state index contributed by atoms with van der Waals surface area (Å²) in [7, 11) is 0. The van der Waals surface area contributed by atoms with Crippen molar-refractivity contribution in [3.63, 3.8) is 0 Å². The molecule has 0 aromatic carbocycles. The van der Waals surface area contributed by atoms with Crippen LogP contribution < -0.4 is 11.5 Å². The third-order valence-corrected chi connectivity index (χ3v) is 1.25. The minimum absolute atomic E-state index is 0.0625. The molecule has 0 atom stereocenters. The maximum Gasteiger partial charge on any atom is 0.286 e. The summed E-state index contributed by atoms with van der Waals surface area (Å²) in [5.41, 5.74) is 9.91. The number of rotatable bonds is 2. The number of ether oxygens (including phenoxy) is 1. The summed E-state index contributed by atoms with van der Waals surface area (Å²) in [6.07, 6.45) is 3.31. The van der Waals surface area contributed by atoms with E-state index < -0.39 is 11.8 Å². The lowest BCUT2D eigenvalue weighted by Crippen LogP contribution is -2.16. The highest BCUT2D eigenvalue weighted by atomic mass is 16.5. The van der Waals surface area contributed by atoms with Crippen molar-refractivity contribution in [1.82, 2.24) is 0 Å². The van der Waals surface area contributed by atoms with Crippen LogP contribution in [-0.4, -0.2) is 18.0 Å². The van der Waals surface area contributed by atoms with Gasteiger partial charge in [0, 0.05) is 6.21 Å². The van der Waals surface area contributed by atoms with Crippen LogP contribution in [0.15, 0.2) is 28.8 Å². The molecule has 1 aliphatic rings. The van der Waals surface area contributed by atoms with Crippen molar-refractivity contribution in [1.29, 1.82) is 0 Å². The number of hydrogen-bond donors (Lipinski definition) is 2. The molecule has 1 heterocycles. The molecule has 0 saturated carbocycles. The molecule has 0 bridgehead atoms. The summed E-state index contributed by atoms with van der Waals surface area (Å²) < 4.78 is 4.74. The second-order valence-electron chi connectivity index (χ2n) is 2.19. The van der Waals surface area contributed by atoms with Crippen molar-refractivity contribution < 1.29 is 14.3 Å². The van der Waals surface area contributed by atoms with E-state index in [0.29, 0.717) is 0 Å². The van der Waals surface area contributed by atoms with E-state index in [1.54, 1.807) is 0 Å². The van der Waals surface area contributed by atoms with E-state index in [9.17, 15) is 9.59 Å². The fourth-order valence-electron chi connectivity index (χ4n) is 0.616. The van der Waals surface area contributed by atoms with E-state index in [-0.39, 0.29) is 11.3 Å². The van der Waals surface area contributed by atoms with Gasteiger partial charge < -0.3 is 16.2 Å². The third kappa shape index (κ3) is 2.16. The standard InChI is InChI=1S/C7H7N3O3/c8-6(11)4-1-10-2-5(7(9)12)13-3-4/h1-3H,(H2,8,11)(H2,9,12). The molecule has 0 aliphatic carbocycles. The Labute approximate surface area is 73.6 Å². The summed E-state index contributed by atoms with van der Waals surface area (Å²) in [6.45, 7) is 0. The molecule has 0 saturated heterocycles. The number of aliphatic imine (C=N–C) groups is 1. The van der Waals surface area contributed by atoms with Gasteiger partial charge >= 0.3 is 0 Å². The van der Waals surface area contributed by atoms with E-state index >= 15 is 0 Å². The second-order valence-corrected chi connectivity index (χ2v) is 2.19. The average Bonchev–Trinajstić information content (AvgIpc) is 2.27. The lowest BCUT2D eigenvalue weighted by Gasteiger charge is -1.98. The SMILES string of the molecule is NC(=O)C1=COC(C(N)=O)=CN=C1. The maximum atomic E-state index is 10.6. The molecule has 1 aliphatic heterocycles. The van der Waals surface area contributed by atoms with Crippen molar-refractivity contribution in [3.8, 4) is 0 Å². The van der Waals surface area contributed by atoms with Crippen LogP contribution in [0.5, 0.6) is 0 Å². The lowest BCUT2D eigenvalue weighted by molar-refractivity contribution is -0.117. The van der Waals surface area contributed by atoms with Gasteiger partial charge in [0.1, 0.15) is 6.26 Å². The first-order valence-electron chi connectivity index (χ1n) is 3.31. The highest BCUT2D eigenvalue weighted by Crippen LogP contribution is 2.04. The number of nitrogens with zero attached hydrogens (tertiary/aromatic N) is 1. The van der Waals surface area contributed by atoms with Gasteiger partial charge in [0.15, 0.2) is 0 Å². The van der Waals surface area contributed by atoms with Gasteiger partial charge in [0.2, 0.25) is 5.76 Å². The maximum absolute atomic E-state index is 10.6. The quantitative estimate of drug-likeness (QED) is 0.557. The first kappa shape index (κ1) is 8.98. The van der Waals surface area contributed by atoms with E-state index in [2.05, 4.69) is 4.99 Å². The van der Waals surface area contributed by atoms with Gasteiger partial charge in [-0.2, -0.15) is 0 Å². The zero-order valence-electron chi connectivity index (χ0n) is 6.56. The Morgan fingerprint density at radius 1 is 1.31 bits per heavy atom. The number of carbonyl (C=O) groups excluding carboxylic acids is 2. The van der Waals surface area contributed by atoms with Gasteiger partial charge in [-0.1, -0.05) is 0 Å². The van der Waals surface area contributed by atoms with E-state index in [1.807, 2.05) is 0 Å². The first-order valence-corrected chi connectivity index (χ1v) is 3.31. The van der Waals surface area contributed by atoms with Crippen molar-refractivity contribution in [2.24, 2.45) is 16.5 Å². The van der Waals surface area contributed by atoms with Crippen LogP contribution in [0.1, 0.15) is 0 Å². The van der Waals surface area contributed by atoms with Gasteiger partial charge in [-0.3, -0.25) is 14.6 Å². The highest BCUT2D eigenvalue weighted by Gasteiger charge is 2.09. The van der Waals surface area contributed by atoms with Gasteiger partial charge in [0.25, 0.3) is 11.8 Å². The summed E-state index contributed by atoms with van der Waals surface area (Å²) in [4.78, 5) is 24.8. The monoisotopic (exact) mass is 181 g/mol. The largest absolute Gasteiger partial charge is 0.457 e. The van der Waals surface area contributed by atoms with Crippen LogP contribution >= 0.6 is 0 Å². The Kier molecular flexibility index (Phi) is 2.44. The molecule has 13 heavy (non-hydrogen) atoms. The molecule has 4 N–H and O–H groups in total. The van der Waals surface area contributed by atoms with Gasteiger partial charge in [0.05, 0.1) is 11.8 Å². The third-order valence-electron chi connectivity index (χ3n) is 1.25. The fraction of sp³-hybridized carbons (Fsp3) is 0. The molecule has 6 heteroatoms. The fourth-order valence-corrected chi connectivity index (χ4v) is 0.616. The first-order chi connectivity index (χ1) is 6.11. The van der Waals surface area contributed by atoms with Crippen molar-refractivity contribution >= 4 is 18.0 Å². The number of hydrogen-bond acceptors (Lipinski definition) is 4. The topological polar surface area (TPSA) is 108 Å². The van der Waals surface area contributed by atoms with Gasteiger partial charge in [-0.15, -0.1) is 0 Å². The molecule has 2 amide bonds. The molecular formula is C7H7N3O3. The zero-order valence-corrected chi connectivity index (χ0v) is 6.56. The van der Waals surface area contributed by atoms with Gasteiger partial charge in [-0.25, -0.2) is 0 Å².